The first-order valence-corrected chi connectivity index (χ1v) is 9.04. The lowest BCUT2D eigenvalue weighted by molar-refractivity contribution is 0.0775. The summed E-state index contributed by atoms with van der Waals surface area (Å²) in [7, 11) is 1.73. The number of carbonyl (C=O) groups is 1. The molecule has 0 N–H and O–H groups in total. The third-order valence-corrected chi connectivity index (χ3v) is 4.38. The number of halogens is 1. The van der Waals surface area contributed by atoms with Crippen LogP contribution in [0.3, 0.4) is 0 Å². The van der Waals surface area contributed by atoms with Crippen LogP contribution in [0.2, 0.25) is 5.02 Å². The minimum atomic E-state index is -0.173. The summed E-state index contributed by atoms with van der Waals surface area (Å²) < 4.78 is 9.09. The van der Waals surface area contributed by atoms with Gasteiger partial charge in [-0.2, -0.15) is 10.2 Å². The van der Waals surface area contributed by atoms with Gasteiger partial charge in [-0.3, -0.25) is 9.48 Å². The summed E-state index contributed by atoms with van der Waals surface area (Å²) in [6, 6.07) is 9.15. The van der Waals surface area contributed by atoms with E-state index in [0.717, 1.165) is 17.8 Å². The molecule has 0 saturated heterocycles. The Morgan fingerprint density at radius 2 is 1.96 bits per heavy atom. The topological polar surface area (TPSA) is 65.2 Å². The molecule has 2 aromatic heterocycles. The molecule has 1 aromatic carbocycles. The lowest BCUT2D eigenvalue weighted by Gasteiger charge is -2.14. The van der Waals surface area contributed by atoms with Gasteiger partial charge in [0.1, 0.15) is 5.75 Å². The zero-order valence-corrected chi connectivity index (χ0v) is 16.3. The maximum absolute atomic E-state index is 12.6. The maximum atomic E-state index is 12.6. The Labute approximate surface area is 163 Å². The molecule has 8 heteroatoms. The first-order valence-electron chi connectivity index (χ1n) is 8.66. The molecule has 0 aliphatic heterocycles. The quantitative estimate of drug-likeness (QED) is 0.623. The van der Waals surface area contributed by atoms with Crippen molar-refractivity contribution >= 4 is 17.5 Å². The van der Waals surface area contributed by atoms with E-state index in [1.165, 1.54) is 0 Å². The predicted molar refractivity (Wildman–Crippen MR) is 103 cm³/mol. The third-order valence-electron chi connectivity index (χ3n) is 4.06. The summed E-state index contributed by atoms with van der Waals surface area (Å²) in [5.41, 5.74) is 2.24. The van der Waals surface area contributed by atoms with Crippen molar-refractivity contribution in [2.24, 2.45) is 0 Å². The molecule has 0 aliphatic rings. The Bertz CT molecular complexity index is 934. The van der Waals surface area contributed by atoms with Crippen molar-refractivity contribution in [1.82, 2.24) is 24.5 Å². The molecule has 0 spiro atoms. The van der Waals surface area contributed by atoms with Crippen LogP contribution < -0.4 is 4.74 Å². The zero-order chi connectivity index (χ0) is 19.4. The minimum Gasteiger partial charge on any atom is -0.470 e. The summed E-state index contributed by atoms with van der Waals surface area (Å²) in [5, 5.41) is 9.22. The van der Waals surface area contributed by atoms with E-state index in [-0.39, 0.29) is 12.6 Å². The molecule has 0 fully saturated rings. The van der Waals surface area contributed by atoms with Crippen LogP contribution in [0.4, 0.5) is 0 Å². The number of hydrogen-bond donors (Lipinski definition) is 0. The first kappa shape index (κ1) is 19.0. The Morgan fingerprint density at radius 1 is 1.19 bits per heavy atom. The monoisotopic (exact) mass is 387 g/mol. The molecule has 1 amide bonds. The van der Waals surface area contributed by atoms with E-state index in [9.17, 15) is 4.79 Å². The number of aromatic nitrogens is 4. The Balaban J connectivity index is 1.60. The van der Waals surface area contributed by atoms with Crippen LogP contribution in [-0.4, -0.2) is 37.4 Å². The molecule has 0 bridgehead atoms. The van der Waals surface area contributed by atoms with Crippen molar-refractivity contribution in [3.63, 3.8) is 0 Å². The van der Waals surface area contributed by atoms with Gasteiger partial charge in [0.2, 0.25) is 0 Å². The molecule has 0 saturated carbocycles. The van der Waals surface area contributed by atoms with E-state index in [0.29, 0.717) is 23.0 Å². The molecular formula is C19H22ClN5O2. The average molecular weight is 388 g/mol. The fourth-order valence-electron chi connectivity index (χ4n) is 2.58. The van der Waals surface area contributed by atoms with Crippen LogP contribution >= 0.6 is 11.6 Å². The van der Waals surface area contributed by atoms with Gasteiger partial charge in [0.05, 0.1) is 17.3 Å². The van der Waals surface area contributed by atoms with E-state index in [2.05, 4.69) is 10.2 Å². The average Bonchev–Trinajstić information content (AvgIpc) is 3.31. The second-order valence-electron chi connectivity index (χ2n) is 6.27. The molecule has 0 aliphatic carbocycles. The highest BCUT2D eigenvalue weighted by molar-refractivity contribution is 6.32. The number of amides is 1. The summed E-state index contributed by atoms with van der Waals surface area (Å²) in [6.07, 6.45) is 3.60. The maximum Gasteiger partial charge on any atom is 0.274 e. The number of hydrogen-bond acceptors (Lipinski definition) is 4. The van der Waals surface area contributed by atoms with Crippen LogP contribution in [-0.2, 0) is 19.8 Å². The van der Waals surface area contributed by atoms with E-state index < -0.39 is 0 Å². The smallest absolute Gasteiger partial charge is 0.274 e. The van der Waals surface area contributed by atoms with Crippen LogP contribution in [0, 0.1) is 6.92 Å². The Hall–Kier alpha value is -2.80. The highest BCUT2D eigenvalue weighted by Gasteiger charge is 2.16. The fraction of sp³-hybridized carbons (Fsp3) is 0.316. The van der Waals surface area contributed by atoms with Gasteiger partial charge in [0, 0.05) is 26.0 Å². The number of benzene rings is 1. The van der Waals surface area contributed by atoms with Gasteiger partial charge in [-0.1, -0.05) is 17.7 Å². The zero-order valence-electron chi connectivity index (χ0n) is 15.6. The van der Waals surface area contributed by atoms with E-state index in [1.54, 1.807) is 35.0 Å². The van der Waals surface area contributed by atoms with Gasteiger partial charge in [0.25, 0.3) is 5.91 Å². The number of aryl methyl sites for hydroxylation is 2. The van der Waals surface area contributed by atoms with Crippen molar-refractivity contribution in [3.05, 3.63) is 64.7 Å². The third kappa shape index (κ3) is 4.68. The minimum absolute atomic E-state index is 0.168. The van der Waals surface area contributed by atoms with Crippen molar-refractivity contribution in [1.29, 1.82) is 0 Å². The highest BCUT2D eigenvalue weighted by Crippen LogP contribution is 2.25. The van der Waals surface area contributed by atoms with E-state index >= 15 is 0 Å². The molecule has 27 heavy (non-hydrogen) atoms. The first-order chi connectivity index (χ1) is 13.0. The molecule has 0 radical (unpaired) electrons. The Kier molecular flexibility index (Phi) is 5.81. The van der Waals surface area contributed by atoms with E-state index in [1.807, 2.05) is 42.9 Å². The molecule has 7 nitrogen and oxygen atoms in total. The standard InChI is InChI=1S/C19H22ClN5O2/c1-4-24-9-7-15(21-24)12-23(3)19(26)17-8-10-25(22-17)13-27-18-11-14(2)5-6-16(18)20/h5-11H,4,12-13H2,1-3H3. The molecule has 0 atom stereocenters. The van der Waals surface area contributed by atoms with Gasteiger partial charge < -0.3 is 9.64 Å². The van der Waals surface area contributed by atoms with Gasteiger partial charge in [-0.25, -0.2) is 4.68 Å². The number of rotatable bonds is 7. The second-order valence-corrected chi connectivity index (χ2v) is 6.68. The van der Waals surface area contributed by atoms with Crippen molar-refractivity contribution in [3.8, 4) is 5.75 Å². The van der Waals surface area contributed by atoms with Gasteiger partial charge in [-0.15, -0.1) is 0 Å². The van der Waals surface area contributed by atoms with Crippen LogP contribution in [0.1, 0.15) is 28.7 Å². The van der Waals surface area contributed by atoms with Crippen LogP contribution in [0.25, 0.3) is 0 Å². The molecular weight excluding hydrogens is 366 g/mol. The SMILES string of the molecule is CCn1ccc(CN(C)C(=O)c2ccn(COc3cc(C)ccc3Cl)n2)n1. The molecule has 2 heterocycles. The van der Waals surface area contributed by atoms with Gasteiger partial charge >= 0.3 is 0 Å². The lowest BCUT2D eigenvalue weighted by Crippen LogP contribution is -2.27. The number of ether oxygens (including phenoxy) is 1. The molecule has 0 unspecified atom stereocenters. The molecule has 142 valence electrons. The predicted octanol–water partition coefficient (Wildman–Crippen LogP) is 3.37. The van der Waals surface area contributed by atoms with Crippen molar-refractivity contribution in [2.45, 2.75) is 33.7 Å². The van der Waals surface area contributed by atoms with Gasteiger partial charge in [-0.05, 0) is 43.7 Å². The van der Waals surface area contributed by atoms with E-state index in [4.69, 9.17) is 16.3 Å². The summed E-state index contributed by atoms with van der Waals surface area (Å²) >= 11 is 6.13. The van der Waals surface area contributed by atoms with Crippen LogP contribution in [0.15, 0.2) is 42.7 Å². The summed E-state index contributed by atoms with van der Waals surface area (Å²) in [4.78, 5) is 14.2. The number of carbonyl (C=O) groups excluding carboxylic acids is 1. The van der Waals surface area contributed by atoms with Crippen molar-refractivity contribution in [2.75, 3.05) is 7.05 Å². The fourth-order valence-corrected chi connectivity index (χ4v) is 2.75. The Morgan fingerprint density at radius 3 is 2.70 bits per heavy atom. The largest absolute Gasteiger partial charge is 0.470 e. The molecule has 3 rings (SSSR count). The summed E-state index contributed by atoms with van der Waals surface area (Å²) in [6.45, 7) is 5.37. The highest BCUT2D eigenvalue weighted by atomic mass is 35.5. The number of nitrogens with zero attached hydrogens (tertiary/aromatic N) is 5. The summed E-state index contributed by atoms with van der Waals surface area (Å²) in [5.74, 6) is 0.414. The van der Waals surface area contributed by atoms with Crippen LogP contribution in [0.5, 0.6) is 5.75 Å². The van der Waals surface area contributed by atoms with Crippen molar-refractivity contribution < 1.29 is 9.53 Å². The van der Waals surface area contributed by atoms with Gasteiger partial charge in [0.15, 0.2) is 12.4 Å². The molecule has 3 aromatic rings. The second kappa shape index (κ2) is 8.26. The normalized spacial score (nSPS) is 10.8. The lowest BCUT2D eigenvalue weighted by atomic mass is 10.2.